The molecule has 1 unspecified atom stereocenters. The standard InChI is InChI=1S/C21H25N5O2/c27-20-8-5-9-23-26(20)13-12-24-10-3-2-7-19(24)15-22-21(28)17-14-18-6-1-4-11-25(18)16-17/h1,4-6,8-9,11,14,16,19H,2-3,7,10,12-13,15H2,(H,22,28). The molecule has 1 saturated heterocycles. The van der Waals surface area contributed by atoms with Crippen LogP contribution in [0.5, 0.6) is 0 Å². The van der Waals surface area contributed by atoms with Gasteiger partial charge in [-0.25, -0.2) is 4.68 Å². The second-order valence-corrected chi connectivity index (χ2v) is 7.24. The van der Waals surface area contributed by atoms with Crippen molar-refractivity contribution in [1.82, 2.24) is 24.4 Å². The highest BCUT2D eigenvalue weighted by molar-refractivity contribution is 5.95. The molecule has 0 bridgehead atoms. The van der Waals surface area contributed by atoms with E-state index in [-0.39, 0.29) is 17.5 Å². The highest BCUT2D eigenvalue weighted by Gasteiger charge is 2.23. The first-order valence-corrected chi connectivity index (χ1v) is 9.82. The summed E-state index contributed by atoms with van der Waals surface area (Å²) in [4.78, 5) is 26.8. The van der Waals surface area contributed by atoms with Crippen molar-refractivity contribution < 1.29 is 4.79 Å². The summed E-state index contributed by atoms with van der Waals surface area (Å²) in [5, 5.41) is 7.22. The van der Waals surface area contributed by atoms with Crippen LogP contribution < -0.4 is 10.9 Å². The van der Waals surface area contributed by atoms with Crippen LogP contribution in [0.4, 0.5) is 0 Å². The predicted octanol–water partition coefficient (Wildman–Crippen LogP) is 1.78. The lowest BCUT2D eigenvalue weighted by atomic mass is 10.0. The largest absolute Gasteiger partial charge is 0.350 e. The van der Waals surface area contributed by atoms with Crippen molar-refractivity contribution in [3.05, 3.63) is 70.9 Å². The second kappa shape index (κ2) is 8.39. The number of aromatic nitrogens is 3. The van der Waals surface area contributed by atoms with Crippen LogP contribution in [0.2, 0.25) is 0 Å². The maximum Gasteiger partial charge on any atom is 0.266 e. The molecule has 0 radical (unpaired) electrons. The number of nitrogens with one attached hydrogen (secondary N) is 1. The molecule has 0 saturated carbocycles. The fraction of sp³-hybridized carbons (Fsp3) is 0.381. The zero-order valence-electron chi connectivity index (χ0n) is 15.8. The minimum absolute atomic E-state index is 0.0461. The molecule has 7 heteroatoms. The van der Waals surface area contributed by atoms with E-state index in [2.05, 4.69) is 15.3 Å². The third-order valence-corrected chi connectivity index (χ3v) is 5.40. The van der Waals surface area contributed by atoms with E-state index in [1.54, 1.807) is 12.3 Å². The molecule has 0 aromatic carbocycles. The van der Waals surface area contributed by atoms with Crippen LogP contribution in [0.15, 0.2) is 59.8 Å². The molecule has 1 amide bonds. The van der Waals surface area contributed by atoms with E-state index >= 15 is 0 Å². The number of carbonyl (C=O) groups excluding carboxylic acids is 1. The molecule has 3 aromatic heterocycles. The highest BCUT2D eigenvalue weighted by Crippen LogP contribution is 2.17. The number of hydrogen-bond donors (Lipinski definition) is 1. The van der Waals surface area contributed by atoms with E-state index in [9.17, 15) is 9.59 Å². The zero-order chi connectivity index (χ0) is 19.3. The van der Waals surface area contributed by atoms with Gasteiger partial charge >= 0.3 is 0 Å². The van der Waals surface area contributed by atoms with Gasteiger partial charge in [-0.05, 0) is 43.7 Å². The van der Waals surface area contributed by atoms with Gasteiger partial charge in [0.2, 0.25) is 0 Å². The van der Waals surface area contributed by atoms with Gasteiger partial charge in [0.05, 0.1) is 12.1 Å². The van der Waals surface area contributed by atoms with Gasteiger partial charge in [-0.2, -0.15) is 5.10 Å². The Morgan fingerprint density at radius 2 is 2.11 bits per heavy atom. The number of rotatable bonds is 6. The number of hydrogen-bond acceptors (Lipinski definition) is 4. The summed E-state index contributed by atoms with van der Waals surface area (Å²) in [5.41, 5.74) is 1.60. The van der Waals surface area contributed by atoms with Gasteiger partial charge in [0.25, 0.3) is 11.5 Å². The smallest absolute Gasteiger partial charge is 0.266 e. The van der Waals surface area contributed by atoms with E-state index < -0.39 is 0 Å². The average Bonchev–Trinajstić information content (AvgIpc) is 3.16. The molecule has 1 aliphatic heterocycles. The fourth-order valence-electron chi connectivity index (χ4n) is 3.86. The fourth-order valence-corrected chi connectivity index (χ4v) is 3.86. The Bertz CT molecular complexity index is 976. The summed E-state index contributed by atoms with van der Waals surface area (Å²) in [5.74, 6) is -0.0461. The Balaban J connectivity index is 1.36. The summed E-state index contributed by atoms with van der Waals surface area (Å²) in [6.45, 7) is 2.92. The number of carbonyl (C=O) groups is 1. The Labute approximate surface area is 163 Å². The maximum atomic E-state index is 12.6. The number of amides is 1. The Morgan fingerprint density at radius 1 is 1.18 bits per heavy atom. The Morgan fingerprint density at radius 3 is 2.96 bits per heavy atom. The van der Waals surface area contributed by atoms with Crippen molar-refractivity contribution in [3.63, 3.8) is 0 Å². The minimum Gasteiger partial charge on any atom is -0.350 e. The molecule has 1 atom stereocenters. The van der Waals surface area contributed by atoms with Crippen LogP contribution in [0.25, 0.3) is 5.52 Å². The number of nitrogens with zero attached hydrogens (tertiary/aromatic N) is 4. The topological polar surface area (TPSA) is 71.6 Å². The lowest BCUT2D eigenvalue weighted by molar-refractivity contribution is 0.0909. The van der Waals surface area contributed by atoms with Crippen molar-refractivity contribution in [2.24, 2.45) is 0 Å². The Hall–Kier alpha value is -2.93. The minimum atomic E-state index is -0.0786. The van der Waals surface area contributed by atoms with Crippen molar-refractivity contribution in [2.75, 3.05) is 19.6 Å². The third kappa shape index (κ3) is 4.14. The summed E-state index contributed by atoms with van der Waals surface area (Å²) < 4.78 is 3.45. The molecule has 0 spiro atoms. The number of piperidine rings is 1. The molecule has 7 nitrogen and oxygen atoms in total. The summed E-state index contributed by atoms with van der Waals surface area (Å²) in [6, 6.07) is 11.3. The molecule has 1 N–H and O–H groups in total. The molecule has 28 heavy (non-hydrogen) atoms. The van der Waals surface area contributed by atoms with Crippen LogP contribution >= 0.6 is 0 Å². The third-order valence-electron chi connectivity index (χ3n) is 5.40. The molecule has 1 fully saturated rings. The zero-order valence-corrected chi connectivity index (χ0v) is 15.8. The van der Waals surface area contributed by atoms with Crippen molar-refractivity contribution in [2.45, 2.75) is 31.8 Å². The van der Waals surface area contributed by atoms with E-state index in [1.165, 1.54) is 10.7 Å². The molecule has 4 rings (SSSR count). The van der Waals surface area contributed by atoms with Gasteiger partial charge in [0, 0.05) is 49.3 Å². The first kappa shape index (κ1) is 18.4. The van der Waals surface area contributed by atoms with Gasteiger partial charge in [-0.15, -0.1) is 0 Å². The van der Waals surface area contributed by atoms with Gasteiger partial charge in [-0.3, -0.25) is 14.5 Å². The quantitative estimate of drug-likeness (QED) is 0.709. The molecule has 146 valence electrons. The van der Waals surface area contributed by atoms with Crippen molar-refractivity contribution >= 4 is 11.4 Å². The highest BCUT2D eigenvalue weighted by atomic mass is 16.1. The van der Waals surface area contributed by atoms with Crippen molar-refractivity contribution in [3.8, 4) is 0 Å². The molecular formula is C21H25N5O2. The number of pyridine rings is 1. The SMILES string of the molecule is O=C(NCC1CCCCN1CCn1ncccc1=O)c1cc2ccccn2c1. The van der Waals surface area contributed by atoms with E-state index in [1.807, 2.05) is 41.1 Å². The van der Waals surface area contributed by atoms with Crippen LogP contribution in [-0.4, -0.2) is 50.7 Å². The first-order valence-electron chi connectivity index (χ1n) is 9.82. The molecule has 4 heterocycles. The van der Waals surface area contributed by atoms with Crippen molar-refractivity contribution in [1.29, 1.82) is 0 Å². The van der Waals surface area contributed by atoms with Gasteiger partial charge < -0.3 is 9.72 Å². The lowest BCUT2D eigenvalue weighted by Crippen LogP contribution is -2.48. The van der Waals surface area contributed by atoms with E-state index in [0.29, 0.717) is 18.7 Å². The number of fused-ring (bicyclic) bond motifs is 1. The Kier molecular flexibility index (Phi) is 5.53. The van der Waals surface area contributed by atoms with E-state index in [0.717, 1.165) is 37.9 Å². The van der Waals surface area contributed by atoms with Crippen LogP contribution in [-0.2, 0) is 6.54 Å². The molecule has 0 aliphatic carbocycles. The monoisotopic (exact) mass is 379 g/mol. The molecular weight excluding hydrogens is 354 g/mol. The lowest BCUT2D eigenvalue weighted by Gasteiger charge is -2.35. The first-order chi connectivity index (χ1) is 13.7. The van der Waals surface area contributed by atoms with Gasteiger partial charge in [-0.1, -0.05) is 12.5 Å². The second-order valence-electron chi connectivity index (χ2n) is 7.24. The summed E-state index contributed by atoms with van der Waals surface area (Å²) >= 11 is 0. The number of likely N-dealkylation sites (tertiary alicyclic amines) is 1. The predicted molar refractivity (Wildman–Crippen MR) is 107 cm³/mol. The average molecular weight is 379 g/mol. The van der Waals surface area contributed by atoms with Gasteiger partial charge in [0.15, 0.2) is 0 Å². The maximum absolute atomic E-state index is 12.6. The molecule has 3 aromatic rings. The van der Waals surface area contributed by atoms with E-state index in [4.69, 9.17) is 0 Å². The van der Waals surface area contributed by atoms with Crippen LogP contribution in [0.1, 0.15) is 29.6 Å². The van der Waals surface area contributed by atoms with Gasteiger partial charge in [0.1, 0.15) is 0 Å². The molecule has 1 aliphatic rings. The van der Waals surface area contributed by atoms with Crippen LogP contribution in [0.3, 0.4) is 0 Å². The normalized spacial score (nSPS) is 17.6. The van der Waals surface area contributed by atoms with Crippen LogP contribution in [0, 0.1) is 0 Å². The summed E-state index contributed by atoms with van der Waals surface area (Å²) in [6.07, 6.45) is 8.79. The summed E-state index contributed by atoms with van der Waals surface area (Å²) in [7, 11) is 0.